The van der Waals surface area contributed by atoms with Gasteiger partial charge in [0, 0.05) is 5.56 Å². The van der Waals surface area contributed by atoms with Crippen LogP contribution in [0.15, 0.2) is 12.1 Å². The van der Waals surface area contributed by atoms with Gasteiger partial charge in [-0.15, -0.1) is 0 Å². The van der Waals surface area contributed by atoms with Gasteiger partial charge in [0.05, 0.1) is 7.11 Å². The summed E-state index contributed by atoms with van der Waals surface area (Å²) in [6.07, 6.45) is 0.240. The highest BCUT2D eigenvalue weighted by Crippen LogP contribution is 2.35. The van der Waals surface area contributed by atoms with E-state index in [1.54, 1.807) is 6.92 Å². The van der Waals surface area contributed by atoms with Crippen LogP contribution >= 0.6 is 0 Å². The number of halogens is 3. The van der Waals surface area contributed by atoms with Gasteiger partial charge in [-0.25, -0.2) is 22.9 Å². The SMILES string of the molecule is CCc1ccc(-c2nc(C(=O)O)c(OC)c(N)c2F)c(F)c1F. The zero-order valence-electron chi connectivity index (χ0n) is 12.3. The van der Waals surface area contributed by atoms with E-state index >= 15 is 0 Å². The summed E-state index contributed by atoms with van der Waals surface area (Å²) in [5.74, 6) is -5.67. The summed E-state index contributed by atoms with van der Waals surface area (Å²) in [4.78, 5) is 14.7. The van der Waals surface area contributed by atoms with Gasteiger partial charge in [-0.1, -0.05) is 13.0 Å². The van der Waals surface area contributed by atoms with Crippen molar-refractivity contribution in [1.29, 1.82) is 0 Å². The van der Waals surface area contributed by atoms with Crippen molar-refractivity contribution in [1.82, 2.24) is 4.98 Å². The lowest BCUT2D eigenvalue weighted by atomic mass is 10.0. The molecule has 0 spiro atoms. The second kappa shape index (κ2) is 6.15. The van der Waals surface area contributed by atoms with Gasteiger partial charge < -0.3 is 15.6 Å². The molecule has 0 saturated carbocycles. The highest BCUT2D eigenvalue weighted by Gasteiger charge is 2.26. The van der Waals surface area contributed by atoms with Gasteiger partial charge in [0.15, 0.2) is 28.9 Å². The number of anilines is 1. The number of aryl methyl sites for hydroxylation is 1. The first-order valence-electron chi connectivity index (χ1n) is 6.56. The Balaban J connectivity index is 2.79. The Morgan fingerprint density at radius 3 is 2.43 bits per heavy atom. The molecule has 0 aliphatic carbocycles. The zero-order valence-corrected chi connectivity index (χ0v) is 12.3. The van der Waals surface area contributed by atoms with Crippen LogP contribution in [0.5, 0.6) is 5.75 Å². The molecule has 3 N–H and O–H groups in total. The molecule has 1 aromatic heterocycles. The number of carboxylic acid groups (broad SMARTS) is 1. The topological polar surface area (TPSA) is 85.4 Å². The third kappa shape index (κ3) is 2.67. The Kier molecular flexibility index (Phi) is 4.44. The number of methoxy groups -OCH3 is 1. The molecule has 0 aliphatic heterocycles. The Morgan fingerprint density at radius 2 is 1.91 bits per heavy atom. The van der Waals surface area contributed by atoms with Crippen molar-refractivity contribution in [3.63, 3.8) is 0 Å². The molecule has 0 bridgehead atoms. The molecule has 0 fully saturated rings. The van der Waals surface area contributed by atoms with Crippen LogP contribution in [0.3, 0.4) is 0 Å². The minimum absolute atomic E-state index is 0.103. The molecule has 122 valence electrons. The maximum absolute atomic E-state index is 14.3. The monoisotopic (exact) mass is 326 g/mol. The molecule has 2 aromatic rings. The van der Waals surface area contributed by atoms with Gasteiger partial charge in [0.25, 0.3) is 0 Å². The lowest BCUT2D eigenvalue weighted by molar-refractivity contribution is 0.0686. The molecule has 1 aromatic carbocycles. The number of carbonyl (C=O) groups is 1. The Morgan fingerprint density at radius 1 is 1.26 bits per heavy atom. The smallest absolute Gasteiger partial charge is 0.358 e. The number of ether oxygens (including phenoxy) is 1. The summed E-state index contributed by atoms with van der Waals surface area (Å²) in [7, 11) is 1.09. The molecule has 0 aliphatic rings. The molecule has 23 heavy (non-hydrogen) atoms. The maximum atomic E-state index is 14.3. The Hall–Kier alpha value is -2.77. The van der Waals surface area contributed by atoms with Crippen molar-refractivity contribution in [3.8, 4) is 17.0 Å². The maximum Gasteiger partial charge on any atom is 0.358 e. The molecule has 0 radical (unpaired) electrons. The first-order valence-corrected chi connectivity index (χ1v) is 6.56. The fraction of sp³-hybridized carbons (Fsp3) is 0.200. The molecule has 8 heteroatoms. The first-order chi connectivity index (χ1) is 10.8. The van der Waals surface area contributed by atoms with E-state index in [1.807, 2.05) is 0 Å². The molecule has 5 nitrogen and oxygen atoms in total. The number of aromatic nitrogens is 1. The molecule has 2 rings (SSSR count). The summed E-state index contributed by atoms with van der Waals surface area (Å²) < 4.78 is 47.1. The number of pyridine rings is 1. The predicted octanol–water partition coefficient (Wildman–Crippen LogP) is 3.02. The number of nitrogens with zero attached hydrogens (tertiary/aromatic N) is 1. The van der Waals surface area contributed by atoms with Gasteiger partial charge >= 0.3 is 5.97 Å². The van der Waals surface area contributed by atoms with Gasteiger partial charge in [0.2, 0.25) is 0 Å². The fourth-order valence-electron chi connectivity index (χ4n) is 2.14. The van der Waals surface area contributed by atoms with E-state index in [9.17, 15) is 18.0 Å². The van der Waals surface area contributed by atoms with E-state index in [2.05, 4.69) is 4.98 Å². The number of rotatable bonds is 4. The summed E-state index contributed by atoms with van der Waals surface area (Å²) in [6.45, 7) is 1.63. The van der Waals surface area contributed by atoms with Gasteiger partial charge in [-0.2, -0.15) is 0 Å². The van der Waals surface area contributed by atoms with Crippen LogP contribution in [-0.4, -0.2) is 23.2 Å². The van der Waals surface area contributed by atoms with Crippen molar-refractivity contribution in [2.75, 3.05) is 12.8 Å². The Bertz CT molecular complexity index is 794. The molecule has 0 atom stereocenters. The van der Waals surface area contributed by atoms with E-state index in [0.29, 0.717) is 0 Å². The molecular formula is C15H13F3N2O3. The molecular weight excluding hydrogens is 313 g/mol. The van der Waals surface area contributed by atoms with Crippen LogP contribution in [0.2, 0.25) is 0 Å². The largest absolute Gasteiger partial charge is 0.492 e. The standard InChI is InChI=1S/C15H13F3N2O3/c1-3-6-4-5-7(9(17)8(6)16)12-10(18)11(19)14(23-2)13(20-12)15(21)22/h4-5H,3H2,1-2H3,(H2,19,20)(H,21,22). The summed E-state index contributed by atoms with van der Waals surface area (Å²) in [5.41, 5.74) is 3.05. The van der Waals surface area contributed by atoms with Crippen molar-refractivity contribution >= 4 is 11.7 Å². The first kappa shape index (κ1) is 16.6. The lowest BCUT2D eigenvalue weighted by Crippen LogP contribution is -2.11. The third-order valence-electron chi connectivity index (χ3n) is 3.33. The van der Waals surface area contributed by atoms with Crippen molar-refractivity contribution < 1.29 is 27.8 Å². The highest BCUT2D eigenvalue weighted by molar-refractivity contribution is 5.92. The average molecular weight is 326 g/mol. The van der Waals surface area contributed by atoms with Crippen LogP contribution in [0.25, 0.3) is 11.3 Å². The quantitative estimate of drug-likeness (QED) is 0.902. The number of benzene rings is 1. The average Bonchev–Trinajstić information content (AvgIpc) is 2.52. The van der Waals surface area contributed by atoms with Crippen LogP contribution in [0, 0.1) is 17.5 Å². The van der Waals surface area contributed by atoms with E-state index < -0.39 is 51.8 Å². The van der Waals surface area contributed by atoms with Crippen LogP contribution in [-0.2, 0) is 6.42 Å². The minimum Gasteiger partial charge on any atom is -0.492 e. The van der Waals surface area contributed by atoms with Crippen molar-refractivity contribution in [2.24, 2.45) is 0 Å². The van der Waals surface area contributed by atoms with Gasteiger partial charge in [0.1, 0.15) is 11.4 Å². The van der Waals surface area contributed by atoms with E-state index in [1.165, 1.54) is 6.07 Å². The zero-order chi connectivity index (χ0) is 17.3. The second-order valence-corrected chi connectivity index (χ2v) is 4.63. The van der Waals surface area contributed by atoms with Gasteiger partial charge in [-0.3, -0.25) is 0 Å². The van der Waals surface area contributed by atoms with Gasteiger partial charge in [-0.05, 0) is 18.1 Å². The van der Waals surface area contributed by atoms with Crippen LogP contribution in [0.1, 0.15) is 23.0 Å². The summed E-state index contributed by atoms with van der Waals surface area (Å²) in [6, 6.07) is 2.40. The third-order valence-corrected chi connectivity index (χ3v) is 3.33. The van der Waals surface area contributed by atoms with Crippen molar-refractivity contribution in [3.05, 3.63) is 40.8 Å². The van der Waals surface area contributed by atoms with E-state index in [0.717, 1.165) is 13.2 Å². The number of nitrogen functional groups attached to an aromatic ring is 1. The highest BCUT2D eigenvalue weighted by atomic mass is 19.2. The number of hydrogen-bond acceptors (Lipinski definition) is 4. The number of hydrogen-bond donors (Lipinski definition) is 2. The normalized spacial score (nSPS) is 10.7. The predicted molar refractivity (Wildman–Crippen MR) is 76.8 cm³/mol. The number of nitrogens with two attached hydrogens (primary N) is 1. The summed E-state index contributed by atoms with van der Waals surface area (Å²) >= 11 is 0. The molecule has 1 heterocycles. The van der Waals surface area contributed by atoms with Crippen molar-refractivity contribution in [2.45, 2.75) is 13.3 Å². The molecule has 0 unspecified atom stereocenters. The Labute approximate surface area is 129 Å². The van der Waals surface area contributed by atoms with Crippen LogP contribution < -0.4 is 10.5 Å². The minimum atomic E-state index is -1.54. The summed E-state index contributed by atoms with van der Waals surface area (Å²) in [5, 5.41) is 9.10. The van der Waals surface area contributed by atoms with E-state index in [4.69, 9.17) is 15.6 Å². The van der Waals surface area contributed by atoms with E-state index in [-0.39, 0.29) is 12.0 Å². The molecule has 0 saturated heterocycles. The second-order valence-electron chi connectivity index (χ2n) is 4.63. The molecule has 0 amide bonds. The fourth-order valence-corrected chi connectivity index (χ4v) is 2.14. The number of aromatic carboxylic acids is 1. The number of carboxylic acids is 1. The lowest BCUT2D eigenvalue weighted by Gasteiger charge is -2.13. The van der Waals surface area contributed by atoms with Crippen LogP contribution in [0.4, 0.5) is 18.9 Å².